The highest BCUT2D eigenvalue weighted by molar-refractivity contribution is 5.89. The van der Waals surface area contributed by atoms with E-state index in [-0.39, 0.29) is 51.5 Å². The molecular formula is C56H70N8O7. The topological polar surface area (TPSA) is 192 Å². The molecule has 2 aromatic heterocycles. The molecule has 4 amide bonds. The number of imidazole rings is 1. The lowest BCUT2D eigenvalue weighted by Crippen LogP contribution is -2.51. The molecule has 4 aliphatic rings. The molecule has 376 valence electrons. The first-order valence-corrected chi connectivity index (χ1v) is 25.3. The lowest BCUT2D eigenvalue weighted by atomic mass is 9.82. The zero-order valence-corrected chi connectivity index (χ0v) is 43.0. The second kappa shape index (κ2) is 18.9. The first-order valence-electron chi connectivity index (χ1n) is 25.3. The predicted octanol–water partition coefficient (Wildman–Crippen LogP) is 9.67. The van der Waals surface area contributed by atoms with Crippen molar-refractivity contribution in [2.45, 2.75) is 131 Å². The smallest absolute Gasteiger partial charge is 0.407 e. The molecular weight excluding hydrogens is 897 g/mol. The summed E-state index contributed by atoms with van der Waals surface area (Å²) in [6.45, 7) is 17.1. The van der Waals surface area contributed by atoms with Crippen LogP contribution in [0.5, 0.6) is 0 Å². The van der Waals surface area contributed by atoms with Crippen molar-refractivity contribution in [1.29, 1.82) is 0 Å². The average molecular weight is 967 g/mol. The average Bonchev–Trinajstić information content (AvgIpc) is 4.19. The number of alkyl carbamates (subject to hydrolysis) is 2. The lowest BCUT2D eigenvalue weighted by Gasteiger charge is -2.30. The third-order valence-electron chi connectivity index (χ3n) is 15.8. The Hall–Kier alpha value is -6.51. The van der Waals surface area contributed by atoms with E-state index in [1.807, 2.05) is 50.9 Å². The summed E-state index contributed by atoms with van der Waals surface area (Å²) in [5, 5.41) is 5.95. The van der Waals surface area contributed by atoms with Crippen LogP contribution in [0.3, 0.4) is 0 Å². The molecule has 2 aliphatic heterocycles. The number of H-pyrrole nitrogens is 2. The van der Waals surface area contributed by atoms with E-state index < -0.39 is 30.3 Å². The number of aromatic nitrogens is 4. The highest BCUT2D eigenvalue weighted by Gasteiger charge is 2.47. The van der Waals surface area contributed by atoms with Crippen molar-refractivity contribution in [3.8, 4) is 33.5 Å². The first-order chi connectivity index (χ1) is 33.7. The minimum Gasteiger partial charge on any atom is -0.453 e. The monoisotopic (exact) mass is 967 g/mol. The summed E-state index contributed by atoms with van der Waals surface area (Å²) < 4.78 is 9.68. The third-order valence-corrected chi connectivity index (χ3v) is 15.8. The van der Waals surface area contributed by atoms with Crippen molar-refractivity contribution in [3.63, 3.8) is 0 Å². The molecule has 0 bridgehead atoms. The van der Waals surface area contributed by atoms with Crippen molar-refractivity contribution in [2.24, 2.45) is 28.1 Å². The van der Waals surface area contributed by atoms with Crippen LogP contribution in [-0.4, -0.2) is 93.1 Å². The Kier molecular flexibility index (Phi) is 13.2. The van der Waals surface area contributed by atoms with Gasteiger partial charge in [0.05, 0.1) is 49.1 Å². The molecule has 3 fully saturated rings. The van der Waals surface area contributed by atoms with Crippen molar-refractivity contribution >= 4 is 34.9 Å². The minimum atomic E-state index is -0.799. The van der Waals surface area contributed by atoms with Gasteiger partial charge in [-0.25, -0.2) is 19.6 Å². The number of amides is 4. The fourth-order valence-corrected chi connectivity index (χ4v) is 12.1. The summed E-state index contributed by atoms with van der Waals surface area (Å²) in [5.41, 5.74) is 9.15. The minimum absolute atomic E-state index is 0.137. The molecule has 2 aliphatic carbocycles. The van der Waals surface area contributed by atoms with Gasteiger partial charge in [-0.15, -0.1) is 0 Å². The number of nitrogens with one attached hydrogen (secondary N) is 4. The van der Waals surface area contributed by atoms with Crippen LogP contribution in [0.1, 0.15) is 129 Å². The van der Waals surface area contributed by atoms with Crippen molar-refractivity contribution in [3.05, 3.63) is 93.9 Å². The van der Waals surface area contributed by atoms with Gasteiger partial charge in [-0.3, -0.25) is 14.4 Å². The van der Waals surface area contributed by atoms with Crippen LogP contribution in [0, 0.1) is 28.1 Å². The summed E-state index contributed by atoms with van der Waals surface area (Å²) in [7, 11) is 2.58. The lowest BCUT2D eigenvalue weighted by molar-refractivity contribution is -0.136. The number of benzene rings is 3. The molecule has 9 rings (SSSR count). The van der Waals surface area contributed by atoms with Crippen LogP contribution in [0.15, 0.2) is 65.6 Å². The van der Waals surface area contributed by atoms with Gasteiger partial charge in [-0.1, -0.05) is 111 Å². The standard InChI is InChI=1S/C56H70N8O7/c1-31(2)45(60-52(68)70-9)50(66)63-29-54(5,6)26-43(63)47-57-28-42(59-47)34-15-13-33(14-16-34)36-18-19-37(40-25-56(24-39(36)40)21-11-12-22-56)35-17-20-41-38(23-35)49(65)62-48(58-41)44-27-55(7,8)30-64(44)51(67)46(32(3)4)61-53(69)71-10/h13-20,23,28,31-32,43-46H,11-12,21-22,24-27,29-30H2,1-10H3,(H,57,59)(H,60,68)(H,61,69)(H,58,62,65)/t43-,44-,45?,46-/m0/s1. The van der Waals surface area contributed by atoms with Gasteiger partial charge in [0.2, 0.25) is 11.8 Å². The van der Waals surface area contributed by atoms with Crippen molar-refractivity contribution < 1.29 is 28.7 Å². The van der Waals surface area contributed by atoms with Crippen LogP contribution < -0.4 is 16.2 Å². The third kappa shape index (κ3) is 9.68. The fraction of sp³-hybridized carbons (Fsp3) is 0.518. The molecule has 1 unspecified atom stereocenters. The number of likely N-dealkylation sites (tertiary alicyclic amines) is 2. The summed E-state index contributed by atoms with van der Waals surface area (Å²) in [6, 6.07) is 16.8. The Bertz CT molecular complexity index is 2930. The van der Waals surface area contributed by atoms with Gasteiger partial charge in [-0.2, -0.15) is 0 Å². The van der Waals surface area contributed by atoms with E-state index in [4.69, 9.17) is 19.4 Å². The van der Waals surface area contributed by atoms with Crippen LogP contribution >= 0.6 is 0 Å². The Labute approximate surface area is 416 Å². The summed E-state index contributed by atoms with van der Waals surface area (Å²) in [5.74, 6) is 0.434. The molecule has 71 heavy (non-hydrogen) atoms. The van der Waals surface area contributed by atoms with E-state index in [1.165, 1.54) is 56.6 Å². The van der Waals surface area contributed by atoms with Crippen LogP contribution in [-0.2, 0) is 31.9 Å². The van der Waals surface area contributed by atoms with Gasteiger partial charge >= 0.3 is 12.2 Å². The van der Waals surface area contributed by atoms with Crippen molar-refractivity contribution in [1.82, 2.24) is 40.4 Å². The zero-order chi connectivity index (χ0) is 50.7. The van der Waals surface area contributed by atoms with Crippen LogP contribution in [0.4, 0.5) is 9.59 Å². The summed E-state index contributed by atoms with van der Waals surface area (Å²) >= 11 is 0. The van der Waals surface area contributed by atoms with E-state index in [9.17, 15) is 24.0 Å². The van der Waals surface area contributed by atoms with E-state index in [0.717, 1.165) is 47.2 Å². The number of nitrogens with zero attached hydrogens (tertiary/aromatic N) is 4. The number of ether oxygens (including phenoxy) is 2. The molecule has 5 aromatic rings. The molecule has 15 nitrogen and oxygen atoms in total. The fourth-order valence-electron chi connectivity index (χ4n) is 12.1. The second-order valence-electron chi connectivity index (χ2n) is 23.0. The predicted molar refractivity (Wildman–Crippen MR) is 273 cm³/mol. The normalized spacial score (nSPS) is 20.7. The quantitative estimate of drug-likeness (QED) is 0.0998. The molecule has 4 atom stereocenters. The zero-order valence-electron chi connectivity index (χ0n) is 43.0. The van der Waals surface area contributed by atoms with Gasteiger partial charge in [0.15, 0.2) is 0 Å². The van der Waals surface area contributed by atoms with Crippen molar-refractivity contribution in [2.75, 3.05) is 27.3 Å². The van der Waals surface area contributed by atoms with Crippen LogP contribution in [0.25, 0.3) is 44.4 Å². The first kappa shape index (κ1) is 49.5. The number of fused-ring (bicyclic) bond motifs is 2. The maximum absolute atomic E-state index is 14.1. The molecule has 4 N–H and O–H groups in total. The maximum Gasteiger partial charge on any atom is 0.407 e. The molecule has 3 aromatic carbocycles. The van der Waals surface area contributed by atoms with Gasteiger partial charge in [0.1, 0.15) is 23.7 Å². The van der Waals surface area contributed by atoms with E-state index >= 15 is 0 Å². The van der Waals surface area contributed by atoms with E-state index in [2.05, 4.69) is 90.8 Å². The number of methoxy groups -OCH3 is 2. The Morgan fingerprint density at radius 3 is 1.69 bits per heavy atom. The molecule has 2 saturated heterocycles. The number of aromatic amines is 2. The number of carbonyl (C=O) groups is 4. The molecule has 0 radical (unpaired) electrons. The Balaban J connectivity index is 0.992. The summed E-state index contributed by atoms with van der Waals surface area (Å²) in [4.78, 5) is 86.7. The summed E-state index contributed by atoms with van der Waals surface area (Å²) in [6.07, 6.45) is 8.71. The highest BCUT2D eigenvalue weighted by atomic mass is 16.5. The van der Waals surface area contributed by atoms with Gasteiger partial charge in [-0.05, 0) is 118 Å². The van der Waals surface area contributed by atoms with Gasteiger partial charge < -0.3 is 39.9 Å². The number of rotatable bonds is 11. The highest BCUT2D eigenvalue weighted by Crippen LogP contribution is 2.53. The largest absolute Gasteiger partial charge is 0.453 e. The molecule has 1 spiro atoms. The van der Waals surface area contributed by atoms with Gasteiger partial charge in [0, 0.05) is 13.1 Å². The number of hydrogen-bond acceptors (Lipinski definition) is 9. The van der Waals surface area contributed by atoms with Crippen LogP contribution in [0.2, 0.25) is 0 Å². The van der Waals surface area contributed by atoms with E-state index in [0.29, 0.717) is 42.1 Å². The molecule has 4 heterocycles. The van der Waals surface area contributed by atoms with E-state index in [1.54, 1.807) is 4.90 Å². The number of hydrogen-bond donors (Lipinski definition) is 4. The molecule has 1 saturated carbocycles. The Morgan fingerprint density at radius 2 is 1.17 bits per heavy atom. The Morgan fingerprint density at radius 1 is 0.676 bits per heavy atom. The SMILES string of the molecule is COC(=O)NC(C(=O)N1CC(C)(C)C[C@H]1c1ncc(-c2ccc(-c3ccc(-c4ccc5nc([C@@H]6CC(C)(C)CN6C(=O)[C@@H](NC(=O)OC)C(C)C)[nH]c(=O)c5c4)c4c3CC3(CCCC3)C4)cc2)[nH]1)C(C)C. The number of carbonyl (C=O) groups excluding carboxylic acids is 4. The second-order valence-corrected chi connectivity index (χ2v) is 23.0. The maximum atomic E-state index is 14.1. The van der Waals surface area contributed by atoms with Gasteiger partial charge in [0.25, 0.3) is 5.56 Å². The molecule has 15 heteroatoms.